The van der Waals surface area contributed by atoms with Crippen LogP contribution in [0.25, 0.3) is 0 Å². The molecule has 0 aromatic heterocycles. The second-order valence-corrected chi connectivity index (χ2v) is 6.36. The molecule has 3 heteroatoms. The molecule has 2 amide bonds. The van der Waals surface area contributed by atoms with Crippen LogP contribution in [0.5, 0.6) is 0 Å². The van der Waals surface area contributed by atoms with Gasteiger partial charge in [-0.05, 0) is 6.42 Å². The molecule has 0 saturated carbocycles. The zero-order chi connectivity index (χ0) is 15.8. The van der Waals surface area contributed by atoms with Crippen LogP contribution in [0.3, 0.4) is 0 Å². The zero-order valence-corrected chi connectivity index (χ0v) is 14.5. The number of hydrogen-bond acceptors (Lipinski definition) is 1. The van der Waals surface area contributed by atoms with Crippen molar-refractivity contribution < 1.29 is 4.79 Å². The highest BCUT2D eigenvalue weighted by molar-refractivity contribution is 5.71. The molecule has 3 nitrogen and oxygen atoms in total. The minimum Gasteiger partial charge on any atom is -0.351 e. The molecule has 21 heavy (non-hydrogen) atoms. The van der Waals surface area contributed by atoms with Gasteiger partial charge < -0.3 is 10.6 Å². The predicted molar refractivity (Wildman–Crippen MR) is 92.5 cm³/mol. The fourth-order valence-corrected chi connectivity index (χ4v) is 2.65. The second kappa shape index (κ2) is 15.7. The van der Waals surface area contributed by atoms with E-state index in [4.69, 9.17) is 5.73 Å². The van der Waals surface area contributed by atoms with Crippen LogP contribution < -0.4 is 5.73 Å². The molecular weight excluding hydrogens is 260 g/mol. The Kier molecular flexibility index (Phi) is 15.1. The minimum absolute atomic E-state index is 0.315. The summed E-state index contributed by atoms with van der Waals surface area (Å²) in [5.41, 5.74) is 5.18. The number of urea groups is 1. The average molecular weight is 299 g/mol. The summed E-state index contributed by atoms with van der Waals surface area (Å²) in [6, 6.07) is -0.315. The van der Waals surface area contributed by atoms with Crippen molar-refractivity contribution in [2.45, 2.75) is 96.8 Å². The summed E-state index contributed by atoms with van der Waals surface area (Å²) in [5, 5.41) is 0. The van der Waals surface area contributed by atoms with Crippen molar-refractivity contribution >= 4 is 6.03 Å². The smallest absolute Gasteiger partial charge is 0.314 e. The van der Waals surface area contributed by atoms with Crippen LogP contribution in [0, 0.1) is 0 Å². The third kappa shape index (κ3) is 15.5. The topological polar surface area (TPSA) is 46.3 Å². The van der Waals surface area contributed by atoms with Crippen LogP contribution in [0.4, 0.5) is 4.79 Å². The molecule has 0 bridgehead atoms. The monoisotopic (exact) mass is 298 g/mol. The highest BCUT2D eigenvalue weighted by Crippen LogP contribution is 2.12. The van der Waals surface area contributed by atoms with Crippen molar-refractivity contribution in [3.05, 3.63) is 0 Å². The number of rotatable bonds is 15. The van der Waals surface area contributed by atoms with E-state index in [-0.39, 0.29) is 6.03 Å². The number of unbranched alkanes of at least 4 members (excludes halogenated alkanes) is 13. The van der Waals surface area contributed by atoms with Crippen LogP contribution in [0.2, 0.25) is 0 Å². The lowest BCUT2D eigenvalue weighted by atomic mass is 10.0. The summed E-state index contributed by atoms with van der Waals surface area (Å²) in [6.45, 7) is 3.07. The lowest BCUT2D eigenvalue weighted by molar-refractivity contribution is 0.217. The number of nitrogens with two attached hydrogens (primary N) is 1. The maximum Gasteiger partial charge on any atom is 0.314 e. The summed E-state index contributed by atoms with van der Waals surface area (Å²) in [4.78, 5) is 12.4. The van der Waals surface area contributed by atoms with Gasteiger partial charge in [0.2, 0.25) is 0 Å². The Morgan fingerprint density at radius 3 is 1.38 bits per heavy atom. The summed E-state index contributed by atoms with van der Waals surface area (Å²) < 4.78 is 0. The van der Waals surface area contributed by atoms with Gasteiger partial charge in [0.15, 0.2) is 0 Å². The molecule has 0 aliphatic carbocycles. The first-order valence-electron chi connectivity index (χ1n) is 9.19. The van der Waals surface area contributed by atoms with Gasteiger partial charge in [0.05, 0.1) is 0 Å². The number of primary amides is 1. The molecule has 2 N–H and O–H groups in total. The Morgan fingerprint density at radius 2 is 1.05 bits per heavy atom. The van der Waals surface area contributed by atoms with Gasteiger partial charge in [-0.15, -0.1) is 0 Å². The molecule has 0 fully saturated rings. The van der Waals surface area contributed by atoms with Crippen LogP contribution in [0.1, 0.15) is 96.8 Å². The average Bonchev–Trinajstić information content (AvgIpc) is 2.47. The van der Waals surface area contributed by atoms with Crippen LogP contribution >= 0.6 is 0 Å². The Bertz CT molecular complexity index is 231. The molecule has 0 unspecified atom stereocenters. The lowest BCUT2D eigenvalue weighted by Gasteiger charge is -2.13. The van der Waals surface area contributed by atoms with E-state index in [9.17, 15) is 4.79 Å². The molecule has 0 radical (unpaired) electrons. The first kappa shape index (κ1) is 20.3. The number of hydrogen-bond donors (Lipinski definition) is 1. The van der Waals surface area contributed by atoms with E-state index in [1.807, 2.05) is 0 Å². The SMILES string of the molecule is CCCCCCCCCCCCCCCCN(C)C(N)=O. The van der Waals surface area contributed by atoms with E-state index in [0.29, 0.717) is 0 Å². The van der Waals surface area contributed by atoms with Crippen LogP contribution in [-0.2, 0) is 0 Å². The van der Waals surface area contributed by atoms with Crippen LogP contribution in [0.15, 0.2) is 0 Å². The molecule has 126 valence electrons. The van der Waals surface area contributed by atoms with E-state index in [1.165, 1.54) is 83.5 Å². The van der Waals surface area contributed by atoms with Gasteiger partial charge in [-0.2, -0.15) is 0 Å². The third-order valence-electron chi connectivity index (χ3n) is 4.22. The van der Waals surface area contributed by atoms with Crippen molar-refractivity contribution in [2.75, 3.05) is 13.6 Å². The molecule has 0 aliphatic rings. The van der Waals surface area contributed by atoms with Gasteiger partial charge >= 0.3 is 6.03 Å². The summed E-state index contributed by atoms with van der Waals surface area (Å²) >= 11 is 0. The first-order chi connectivity index (χ1) is 10.2. The van der Waals surface area contributed by atoms with Crippen LogP contribution in [-0.4, -0.2) is 24.5 Å². The molecule has 0 aliphatic heterocycles. The number of nitrogens with zero attached hydrogens (tertiary/aromatic N) is 1. The van der Waals surface area contributed by atoms with Gasteiger partial charge in [0, 0.05) is 13.6 Å². The van der Waals surface area contributed by atoms with Gasteiger partial charge in [0.1, 0.15) is 0 Å². The Morgan fingerprint density at radius 1 is 0.714 bits per heavy atom. The minimum atomic E-state index is -0.315. The second-order valence-electron chi connectivity index (χ2n) is 6.36. The molecule has 0 aromatic rings. The third-order valence-corrected chi connectivity index (χ3v) is 4.22. The fraction of sp³-hybridized carbons (Fsp3) is 0.944. The first-order valence-corrected chi connectivity index (χ1v) is 9.19. The summed E-state index contributed by atoms with van der Waals surface area (Å²) in [7, 11) is 1.77. The maximum atomic E-state index is 10.8. The molecule has 0 heterocycles. The summed E-state index contributed by atoms with van der Waals surface area (Å²) in [6.07, 6.45) is 19.1. The highest BCUT2D eigenvalue weighted by atomic mass is 16.2. The van der Waals surface area contributed by atoms with Gasteiger partial charge in [-0.3, -0.25) is 0 Å². The molecule has 0 rings (SSSR count). The van der Waals surface area contributed by atoms with Gasteiger partial charge in [-0.25, -0.2) is 4.79 Å². The van der Waals surface area contributed by atoms with Crippen molar-refractivity contribution in [1.82, 2.24) is 4.90 Å². The Balaban J connectivity index is 3.04. The molecule has 0 aromatic carbocycles. The van der Waals surface area contributed by atoms with Gasteiger partial charge in [-0.1, -0.05) is 90.4 Å². The van der Waals surface area contributed by atoms with E-state index in [2.05, 4.69) is 6.92 Å². The standard InChI is InChI=1S/C18H38N2O/c1-3-4-5-6-7-8-9-10-11-12-13-14-15-16-17-20(2)18(19)21/h3-17H2,1-2H3,(H2,19,21). The highest BCUT2D eigenvalue weighted by Gasteiger charge is 2.01. The number of amides is 2. The number of carbonyl (C=O) groups excluding carboxylic acids is 1. The lowest BCUT2D eigenvalue weighted by Crippen LogP contribution is -2.32. The van der Waals surface area contributed by atoms with Crippen molar-refractivity contribution in [1.29, 1.82) is 0 Å². The molecule has 0 saturated heterocycles. The van der Waals surface area contributed by atoms with Gasteiger partial charge in [0.25, 0.3) is 0 Å². The van der Waals surface area contributed by atoms with E-state index < -0.39 is 0 Å². The largest absolute Gasteiger partial charge is 0.351 e. The Labute approximate surface area is 132 Å². The van der Waals surface area contributed by atoms with E-state index >= 15 is 0 Å². The molecular formula is C18H38N2O. The quantitative estimate of drug-likeness (QED) is 0.400. The fourth-order valence-electron chi connectivity index (χ4n) is 2.65. The van der Waals surface area contributed by atoms with Crippen molar-refractivity contribution in [2.24, 2.45) is 5.73 Å². The summed E-state index contributed by atoms with van der Waals surface area (Å²) in [5.74, 6) is 0. The molecule has 0 spiro atoms. The van der Waals surface area contributed by atoms with E-state index in [1.54, 1.807) is 11.9 Å². The molecule has 0 atom stereocenters. The number of carbonyl (C=O) groups is 1. The predicted octanol–water partition coefficient (Wildman–Crippen LogP) is 5.48. The van der Waals surface area contributed by atoms with Crippen molar-refractivity contribution in [3.63, 3.8) is 0 Å². The van der Waals surface area contributed by atoms with Crippen molar-refractivity contribution in [3.8, 4) is 0 Å². The maximum absolute atomic E-state index is 10.8. The zero-order valence-electron chi connectivity index (χ0n) is 14.5. The normalized spacial score (nSPS) is 10.8. The van der Waals surface area contributed by atoms with E-state index in [0.717, 1.165) is 13.0 Å². The Hall–Kier alpha value is -0.730.